The van der Waals surface area contributed by atoms with Crippen LogP contribution in [0.4, 0.5) is 5.82 Å². The molecular formula is C14H20ClN5. The average Bonchev–Trinajstić information content (AvgIpc) is 2.75. The SMILES string of the molecule is Cc1c(Cl)nc(C(C)(C)C)nc1NCc1ccnn1C. The van der Waals surface area contributed by atoms with Crippen LogP contribution < -0.4 is 5.32 Å². The lowest BCUT2D eigenvalue weighted by molar-refractivity contribution is 0.545. The molecule has 0 aromatic carbocycles. The maximum atomic E-state index is 6.21. The monoisotopic (exact) mass is 293 g/mol. The normalized spacial score (nSPS) is 11.7. The summed E-state index contributed by atoms with van der Waals surface area (Å²) in [7, 11) is 1.91. The van der Waals surface area contributed by atoms with Crippen LogP contribution in [0.5, 0.6) is 0 Å². The van der Waals surface area contributed by atoms with Crippen LogP contribution in [0, 0.1) is 6.92 Å². The van der Waals surface area contributed by atoms with Crippen LogP contribution in [0.25, 0.3) is 0 Å². The van der Waals surface area contributed by atoms with E-state index < -0.39 is 0 Å². The smallest absolute Gasteiger partial charge is 0.137 e. The minimum Gasteiger partial charge on any atom is -0.364 e. The molecule has 5 nitrogen and oxygen atoms in total. The summed E-state index contributed by atoms with van der Waals surface area (Å²) < 4.78 is 1.83. The van der Waals surface area contributed by atoms with Gasteiger partial charge in [0, 0.05) is 24.2 Å². The summed E-state index contributed by atoms with van der Waals surface area (Å²) in [5, 5.41) is 7.95. The van der Waals surface area contributed by atoms with Gasteiger partial charge in [0.15, 0.2) is 0 Å². The van der Waals surface area contributed by atoms with Crippen molar-refractivity contribution in [1.29, 1.82) is 0 Å². The fourth-order valence-electron chi connectivity index (χ4n) is 1.75. The van der Waals surface area contributed by atoms with E-state index in [1.165, 1.54) is 0 Å². The van der Waals surface area contributed by atoms with Crippen LogP contribution >= 0.6 is 11.6 Å². The zero-order valence-electron chi connectivity index (χ0n) is 12.5. The Morgan fingerprint density at radius 2 is 2.00 bits per heavy atom. The van der Waals surface area contributed by atoms with Crippen molar-refractivity contribution >= 4 is 17.4 Å². The first-order valence-electron chi connectivity index (χ1n) is 6.54. The van der Waals surface area contributed by atoms with Gasteiger partial charge in [0.25, 0.3) is 0 Å². The van der Waals surface area contributed by atoms with Gasteiger partial charge in [-0.25, -0.2) is 9.97 Å². The van der Waals surface area contributed by atoms with Crippen molar-refractivity contribution in [2.45, 2.75) is 39.7 Å². The molecular weight excluding hydrogens is 274 g/mol. The molecule has 0 saturated heterocycles. The number of halogens is 1. The zero-order valence-corrected chi connectivity index (χ0v) is 13.3. The molecule has 0 aliphatic heterocycles. The minimum absolute atomic E-state index is 0.139. The highest BCUT2D eigenvalue weighted by Gasteiger charge is 2.20. The van der Waals surface area contributed by atoms with E-state index in [0.29, 0.717) is 11.7 Å². The molecule has 2 rings (SSSR count). The Balaban J connectivity index is 2.27. The topological polar surface area (TPSA) is 55.6 Å². The molecule has 2 aromatic rings. The Hall–Kier alpha value is -1.62. The van der Waals surface area contributed by atoms with E-state index in [4.69, 9.17) is 11.6 Å². The largest absolute Gasteiger partial charge is 0.364 e. The van der Waals surface area contributed by atoms with Gasteiger partial charge >= 0.3 is 0 Å². The van der Waals surface area contributed by atoms with Crippen molar-refractivity contribution in [3.8, 4) is 0 Å². The van der Waals surface area contributed by atoms with Gasteiger partial charge in [-0.1, -0.05) is 32.4 Å². The first-order valence-corrected chi connectivity index (χ1v) is 6.92. The Morgan fingerprint density at radius 1 is 1.30 bits per heavy atom. The zero-order chi connectivity index (χ0) is 14.9. The summed E-state index contributed by atoms with van der Waals surface area (Å²) >= 11 is 6.21. The first-order chi connectivity index (χ1) is 9.29. The number of anilines is 1. The Bertz CT molecular complexity index is 613. The number of hydrogen-bond acceptors (Lipinski definition) is 4. The van der Waals surface area contributed by atoms with E-state index in [2.05, 4.69) is 41.2 Å². The summed E-state index contributed by atoms with van der Waals surface area (Å²) in [6.45, 7) is 8.77. The molecule has 0 fully saturated rings. The highest BCUT2D eigenvalue weighted by molar-refractivity contribution is 6.30. The highest BCUT2D eigenvalue weighted by atomic mass is 35.5. The van der Waals surface area contributed by atoms with Crippen LogP contribution in [0.15, 0.2) is 12.3 Å². The standard InChI is InChI=1S/C14H20ClN5/c1-9-11(15)18-13(14(2,3)4)19-12(9)16-8-10-6-7-17-20(10)5/h6-7H,8H2,1-5H3,(H,16,18,19). The summed E-state index contributed by atoms with van der Waals surface area (Å²) in [5.74, 6) is 1.51. The van der Waals surface area contributed by atoms with Crippen molar-refractivity contribution in [2.75, 3.05) is 5.32 Å². The molecule has 0 unspecified atom stereocenters. The van der Waals surface area contributed by atoms with Gasteiger partial charge in [0.2, 0.25) is 0 Å². The van der Waals surface area contributed by atoms with Crippen molar-refractivity contribution in [2.24, 2.45) is 7.05 Å². The van der Waals surface area contributed by atoms with Crippen LogP contribution in [0.3, 0.4) is 0 Å². The third-order valence-corrected chi connectivity index (χ3v) is 3.48. The summed E-state index contributed by atoms with van der Waals surface area (Å²) in [5.41, 5.74) is 1.80. The quantitative estimate of drug-likeness (QED) is 0.884. The molecule has 0 aliphatic rings. The third-order valence-electron chi connectivity index (χ3n) is 3.12. The maximum Gasteiger partial charge on any atom is 0.137 e. The second kappa shape index (κ2) is 5.40. The van der Waals surface area contributed by atoms with E-state index in [0.717, 1.165) is 22.9 Å². The van der Waals surface area contributed by atoms with E-state index in [9.17, 15) is 0 Å². The van der Waals surface area contributed by atoms with Crippen LogP contribution in [0.1, 0.15) is 37.9 Å². The number of rotatable bonds is 3. The fourth-order valence-corrected chi connectivity index (χ4v) is 1.92. The van der Waals surface area contributed by atoms with Gasteiger partial charge in [-0.15, -0.1) is 0 Å². The third kappa shape index (κ3) is 3.10. The molecule has 108 valence electrons. The highest BCUT2D eigenvalue weighted by Crippen LogP contribution is 2.26. The molecule has 0 saturated carbocycles. The molecule has 6 heteroatoms. The summed E-state index contributed by atoms with van der Waals surface area (Å²) in [6.07, 6.45) is 1.78. The van der Waals surface area contributed by atoms with Crippen molar-refractivity contribution < 1.29 is 0 Å². The summed E-state index contributed by atoms with van der Waals surface area (Å²) in [4.78, 5) is 8.96. The van der Waals surface area contributed by atoms with Gasteiger partial charge in [0.1, 0.15) is 16.8 Å². The number of nitrogens with zero attached hydrogens (tertiary/aromatic N) is 4. The van der Waals surface area contributed by atoms with Gasteiger partial charge in [-0.05, 0) is 13.0 Å². The number of hydrogen-bond donors (Lipinski definition) is 1. The van der Waals surface area contributed by atoms with Crippen molar-refractivity contribution in [3.05, 3.63) is 34.5 Å². The average molecular weight is 294 g/mol. The molecule has 0 spiro atoms. The molecule has 0 atom stereocenters. The Labute approximate surface area is 124 Å². The predicted octanol–water partition coefficient (Wildman–Crippen LogP) is 3.08. The molecule has 0 bridgehead atoms. The second-order valence-corrected chi connectivity index (χ2v) is 6.22. The lowest BCUT2D eigenvalue weighted by atomic mass is 9.95. The molecule has 1 N–H and O–H groups in total. The van der Waals surface area contributed by atoms with Crippen LogP contribution in [0.2, 0.25) is 5.15 Å². The van der Waals surface area contributed by atoms with Gasteiger partial charge in [-0.3, -0.25) is 4.68 Å². The van der Waals surface area contributed by atoms with Crippen LogP contribution in [-0.2, 0) is 19.0 Å². The Kier molecular flexibility index (Phi) is 3.99. The number of nitrogens with one attached hydrogen (secondary N) is 1. The molecule has 0 aliphatic carbocycles. The maximum absolute atomic E-state index is 6.21. The fraction of sp³-hybridized carbons (Fsp3) is 0.500. The lowest BCUT2D eigenvalue weighted by Gasteiger charge is -2.19. The Morgan fingerprint density at radius 3 is 2.55 bits per heavy atom. The predicted molar refractivity (Wildman–Crippen MR) is 81.0 cm³/mol. The first kappa shape index (κ1) is 14.8. The number of aromatic nitrogens is 4. The van der Waals surface area contributed by atoms with Gasteiger partial charge in [-0.2, -0.15) is 5.10 Å². The van der Waals surface area contributed by atoms with E-state index in [-0.39, 0.29) is 5.41 Å². The van der Waals surface area contributed by atoms with Crippen molar-refractivity contribution in [3.63, 3.8) is 0 Å². The van der Waals surface area contributed by atoms with Gasteiger partial charge in [0.05, 0.1) is 12.2 Å². The molecule has 2 heterocycles. The molecule has 2 aromatic heterocycles. The molecule has 20 heavy (non-hydrogen) atoms. The second-order valence-electron chi connectivity index (χ2n) is 5.86. The lowest BCUT2D eigenvalue weighted by Crippen LogP contribution is -2.18. The van der Waals surface area contributed by atoms with E-state index in [1.54, 1.807) is 6.20 Å². The summed E-state index contributed by atoms with van der Waals surface area (Å²) in [6, 6.07) is 1.97. The van der Waals surface area contributed by atoms with Crippen molar-refractivity contribution in [1.82, 2.24) is 19.7 Å². The van der Waals surface area contributed by atoms with Gasteiger partial charge < -0.3 is 5.32 Å². The van der Waals surface area contributed by atoms with Crippen LogP contribution in [-0.4, -0.2) is 19.7 Å². The molecule has 0 amide bonds. The van der Waals surface area contributed by atoms with E-state index >= 15 is 0 Å². The number of aryl methyl sites for hydroxylation is 1. The van der Waals surface area contributed by atoms with E-state index in [1.807, 2.05) is 24.7 Å². The molecule has 0 radical (unpaired) electrons. The minimum atomic E-state index is -0.139.